The van der Waals surface area contributed by atoms with Crippen LogP contribution >= 0.6 is 0 Å². The largest absolute Gasteiger partial charge is 0.366 e. The fourth-order valence-electron chi connectivity index (χ4n) is 6.22. The third-order valence-electron chi connectivity index (χ3n) is 8.58. The van der Waals surface area contributed by atoms with Crippen LogP contribution in [-0.4, -0.2) is 41.8 Å². The second kappa shape index (κ2) is 12.4. The molecule has 0 N–H and O–H groups in total. The Balaban J connectivity index is 1.80. The molecule has 2 heterocycles. The van der Waals surface area contributed by atoms with Crippen molar-refractivity contribution in [1.82, 2.24) is 0 Å². The number of nitrogens with zero attached hydrogens (tertiary/aromatic N) is 4. The maximum absolute atomic E-state index is 14.0. The van der Waals surface area contributed by atoms with Crippen LogP contribution < -0.4 is 9.80 Å². The first-order chi connectivity index (χ1) is 19.7. The van der Waals surface area contributed by atoms with Crippen molar-refractivity contribution in [3.05, 3.63) is 66.7 Å². The van der Waals surface area contributed by atoms with Gasteiger partial charge in [0.1, 0.15) is 17.2 Å². The summed E-state index contributed by atoms with van der Waals surface area (Å²) in [5.74, 6) is -0.104. The number of Topliss-reactive ketones (excluding diaryl/α,β-unsaturated/α-hetero) is 1. The lowest BCUT2D eigenvalue weighted by atomic mass is 9.83. The molecule has 2 aromatic carbocycles. The maximum atomic E-state index is 14.0. The lowest BCUT2D eigenvalue weighted by Gasteiger charge is -2.32. The Hall–Kier alpha value is -3.49. The molecule has 9 heteroatoms. The number of carbonyl (C=O) groups is 1. The lowest BCUT2D eigenvalue weighted by Crippen LogP contribution is -2.32. The summed E-state index contributed by atoms with van der Waals surface area (Å²) in [5.41, 5.74) is 3.48. The second-order valence-corrected chi connectivity index (χ2v) is 14.0. The van der Waals surface area contributed by atoms with Crippen LogP contribution in [0.2, 0.25) is 0 Å². The quantitative estimate of drug-likeness (QED) is 0.237. The average molecular weight is 579 g/mol. The molecule has 9 nitrogen and oxygen atoms in total. The van der Waals surface area contributed by atoms with E-state index in [9.17, 15) is 25.0 Å². The van der Waals surface area contributed by atoms with Crippen LogP contribution in [0.25, 0.3) is 0 Å². The molecular formula is C33H46N4O5. The number of hydrogen-bond acceptors (Lipinski definition) is 7. The van der Waals surface area contributed by atoms with E-state index in [4.69, 9.17) is 0 Å². The van der Waals surface area contributed by atoms with Crippen LogP contribution in [0.1, 0.15) is 102 Å². The molecule has 0 radical (unpaired) electrons. The molecule has 2 aromatic rings. The van der Waals surface area contributed by atoms with Gasteiger partial charge in [-0.25, -0.2) is 0 Å². The normalized spacial score (nSPS) is 16.4. The Morgan fingerprint density at radius 2 is 0.976 bits per heavy atom. The Kier molecular flexibility index (Phi) is 9.28. The van der Waals surface area contributed by atoms with Gasteiger partial charge in [-0.2, -0.15) is 0 Å². The molecule has 2 fully saturated rings. The summed E-state index contributed by atoms with van der Waals surface area (Å²) >= 11 is 0. The Morgan fingerprint density at radius 3 is 1.26 bits per heavy atom. The minimum atomic E-state index is -0.341. The molecule has 2 aliphatic heterocycles. The average Bonchev–Trinajstić information content (AvgIpc) is 2.92. The molecule has 42 heavy (non-hydrogen) atoms. The van der Waals surface area contributed by atoms with E-state index in [0.29, 0.717) is 22.5 Å². The zero-order valence-electron chi connectivity index (χ0n) is 26.1. The van der Waals surface area contributed by atoms with Crippen molar-refractivity contribution >= 4 is 28.5 Å². The summed E-state index contributed by atoms with van der Waals surface area (Å²) in [5, 5.41) is 24.7. The van der Waals surface area contributed by atoms with Crippen molar-refractivity contribution in [3.8, 4) is 0 Å². The number of ketones is 1. The summed E-state index contributed by atoms with van der Waals surface area (Å²) in [6, 6.07) is 7.27. The predicted octanol–water partition coefficient (Wildman–Crippen LogP) is 7.43. The lowest BCUT2D eigenvalue weighted by molar-refractivity contribution is -0.384. The summed E-state index contributed by atoms with van der Waals surface area (Å²) in [7, 11) is 0. The van der Waals surface area contributed by atoms with E-state index in [-0.39, 0.29) is 50.7 Å². The molecule has 0 unspecified atom stereocenters. The van der Waals surface area contributed by atoms with Crippen LogP contribution in [0.5, 0.6) is 0 Å². The standard InChI is InChI=1S/C33H46N4O5/c1-32(2,3)25-17-23(30(28(21-25)36(39)40)34-13-9-7-10-14-34)19-27(38)20-24-18-26(33(4,5)6)22-29(37(41)42)31(24)35-15-11-8-12-16-35/h17-18,21-22H,7-16,19-20H2,1-6H3. The van der Waals surface area contributed by atoms with Crippen molar-refractivity contribution < 1.29 is 14.6 Å². The molecule has 2 saturated heterocycles. The fourth-order valence-corrected chi connectivity index (χ4v) is 6.22. The van der Waals surface area contributed by atoms with Crippen molar-refractivity contribution in [2.45, 2.75) is 104 Å². The SMILES string of the molecule is CC(C)(C)c1cc(CC(=O)Cc2cc(C(C)(C)C)cc([N+](=O)[O-])c2N2CCCCC2)c(N2CCCCC2)c([N+](=O)[O-])c1. The van der Waals surface area contributed by atoms with Crippen molar-refractivity contribution in [2.24, 2.45) is 0 Å². The monoisotopic (exact) mass is 578 g/mol. The predicted molar refractivity (Wildman–Crippen MR) is 168 cm³/mol. The van der Waals surface area contributed by atoms with Gasteiger partial charge in [0.2, 0.25) is 0 Å². The minimum Gasteiger partial charge on any atom is -0.366 e. The van der Waals surface area contributed by atoms with Gasteiger partial charge in [-0.1, -0.05) is 53.7 Å². The minimum absolute atomic E-state index is 0.0313. The molecule has 0 bridgehead atoms. The van der Waals surface area contributed by atoms with Crippen LogP contribution in [0.4, 0.5) is 22.7 Å². The van der Waals surface area contributed by atoms with Gasteiger partial charge in [-0.05, 0) is 71.6 Å². The second-order valence-electron chi connectivity index (χ2n) is 14.0. The smallest absolute Gasteiger partial charge is 0.293 e. The highest BCUT2D eigenvalue weighted by molar-refractivity contribution is 5.88. The summed E-state index contributed by atoms with van der Waals surface area (Å²) < 4.78 is 0. The van der Waals surface area contributed by atoms with Gasteiger partial charge in [-0.15, -0.1) is 0 Å². The number of benzene rings is 2. The van der Waals surface area contributed by atoms with E-state index in [1.165, 1.54) is 0 Å². The first kappa shape index (κ1) is 31.4. The molecule has 4 rings (SSSR count). The molecule has 0 saturated carbocycles. The van der Waals surface area contributed by atoms with Gasteiger partial charge >= 0.3 is 0 Å². The van der Waals surface area contributed by atoms with Gasteiger partial charge in [0.25, 0.3) is 11.4 Å². The zero-order chi connectivity index (χ0) is 30.8. The number of rotatable bonds is 8. The maximum Gasteiger partial charge on any atom is 0.293 e. The Morgan fingerprint density at radius 1 is 0.643 bits per heavy atom. The van der Waals surface area contributed by atoms with Crippen molar-refractivity contribution in [2.75, 3.05) is 36.0 Å². The summed E-state index contributed by atoms with van der Waals surface area (Å²) in [6.45, 7) is 15.0. The summed E-state index contributed by atoms with van der Waals surface area (Å²) in [6.07, 6.45) is 6.04. The molecular weight excluding hydrogens is 532 g/mol. The number of carbonyl (C=O) groups excluding carboxylic acids is 1. The molecule has 0 atom stereocenters. The van der Waals surface area contributed by atoms with Gasteiger partial charge in [0.05, 0.1) is 9.85 Å². The third-order valence-corrected chi connectivity index (χ3v) is 8.58. The van der Waals surface area contributed by atoms with Crippen molar-refractivity contribution in [3.63, 3.8) is 0 Å². The number of piperidine rings is 2. The van der Waals surface area contributed by atoms with E-state index in [2.05, 4.69) is 9.80 Å². The highest BCUT2D eigenvalue weighted by Gasteiger charge is 2.32. The van der Waals surface area contributed by atoms with E-state index >= 15 is 0 Å². The number of nitro groups is 2. The van der Waals surface area contributed by atoms with Gasteiger partial charge in [0, 0.05) is 51.2 Å². The molecule has 0 spiro atoms. The van der Waals surface area contributed by atoms with Crippen LogP contribution in [0.15, 0.2) is 24.3 Å². The van der Waals surface area contributed by atoms with Crippen molar-refractivity contribution in [1.29, 1.82) is 0 Å². The molecule has 0 aromatic heterocycles. The topological polar surface area (TPSA) is 110 Å². The van der Waals surface area contributed by atoms with E-state index in [1.807, 2.05) is 53.7 Å². The van der Waals surface area contributed by atoms with Crippen LogP contribution in [0, 0.1) is 20.2 Å². The molecule has 228 valence electrons. The molecule has 2 aliphatic rings. The van der Waals surface area contributed by atoms with Crippen LogP contribution in [0.3, 0.4) is 0 Å². The third kappa shape index (κ3) is 7.10. The van der Waals surface area contributed by atoms with Gasteiger partial charge in [-0.3, -0.25) is 25.0 Å². The molecule has 0 amide bonds. The summed E-state index contributed by atoms with van der Waals surface area (Å²) in [4.78, 5) is 42.2. The fraction of sp³-hybridized carbons (Fsp3) is 0.606. The van der Waals surface area contributed by atoms with E-state index in [0.717, 1.165) is 75.8 Å². The highest BCUT2D eigenvalue weighted by atomic mass is 16.6. The number of anilines is 2. The van der Waals surface area contributed by atoms with Gasteiger partial charge < -0.3 is 9.80 Å². The van der Waals surface area contributed by atoms with Crippen LogP contribution in [-0.2, 0) is 28.5 Å². The zero-order valence-corrected chi connectivity index (χ0v) is 26.1. The van der Waals surface area contributed by atoms with Gasteiger partial charge in [0.15, 0.2) is 0 Å². The Labute approximate surface area is 249 Å². The Bertz CT molecular complexity index is 1240. The number of hydrogen-bond donors (Lipinski definition) is 0. The number of nitro benzene ring substituents is 2. The molecule has 0 aliphatic carbocycles. The highest BCUT2D eigenvalue weighted by Crippen LogP contribution is 2.41. The first-order valence-electron chi connectivity index (χ1n) is 15.3. The van der Waals surface area contributed by atoms with E-state index in [1.54, 1.807) is 12.1 Å². The first-order valence-corrected chi connectivity index (χ1v) is 15.3. The van der Waals surface area contributed by atoms with E-state index < -0.39 is 0 Å².